The zero-order valence-electron chi connectivity index (χ0n) is 11.0. The van der Waals surface area contributed by atoms with Crippen molar-refractivity contribution in [3.05, 3.63) is 0 Å². The van der Waals surface area contributed by atoms with Crippen LogP contribution in [-0.4, -0.2) is 51.5 Å². The molecule has 0 aromatic rings. The van der Waals surface area contributed by atoms with Crippen LogP contribution in [0.1, 0.15) is 32.6 Å². The molecule has 5 nitrogen and oxygen atoms in total. The number of nitrogens with one attached hydrogen (secondary N) is 1. The maximum Gasteiger partial charge on any atom is 0.168 e. The first-order chi connectivity index (χ1) is 8.55. The van der Waals surface area contributed by atoms with Gasteiger partial charge in [0, 0.05) is 31.2 Å². The van der Waals surface area contributed by atoms with Gasteiger partial charge in [0.15, 0.2) is 15.6 Å². The molecule has 18 heavy (non-hydrogen) atoms. The van der Waals surface area contributed by atoms with Crippen LogP contribution in [0.5, 0.6) is 0 Å². The Morgan fingerprint density at radius 2 is 1.83 bits per heavy atom. The second kappa shape index (κ2) is 5.86. The molecular weight excluding hydrogens is 254 g/mol. The Balaban J connectivity index is 1.68. The first-order valence-electron chi connectivity index (χ1n) is 6.77. The predicted molar refractivity (Wildman–Crippen MR) is 69.2 cm³/mol. The molecule has 0 aromatic carbocycles. The van der Waals surface area contributed by atoms with Gasteiger partial charge < -0.3 is 14.8 Å². The summed E-state index contributed by atoms with van der Waals surface area (Å²) in [4.78, 5) is 0. The largest absolute Gasteiger partial charge is 0.348 e. The van der Waals surface area contributed by atoms with Crippen molar-refractivity contribution in [1.29, 1.82) is 0 Å². The standard InChI is InChI=1S/C12H23NO4S/c1-2-18(14,15)10-7-13-11-3-5-12(6-4-11)16-8-9-17-12/h11,13H,2-10H2,1H3. The van der Waals surface area contributed by atoms with Gasteiger partial charge in [0.1, 0.15) is 0 Å². The minimum atomic E-state index is -2.85. The van der Waals surface area contributed by atoms with E-state index in [0.717, 1.165) is 25.7 Å². The van der Waals surface area contributed by atoms with Crippen molar-refractivity contribution < 1.29 is 17.9 Å². The Kier molecular flexibility index (Phi) is 4.64. The Bertz CT molecular complexity index is 352. The average molecular weight is 277 g/mol. The number of hydrogen-bond donors (Lipinski definition) is 1. The first kappa shape index (κ1) is 14.2. The molecule has 1 saturated heterocycles. The van der Waals surface area contributed by atoms with E-state index in [0.29, 0.717) is 25.8 Å². The molecular formula is C12H23NO4S. The minimum absolute atomic E-state index is 0.226. The third-order valence-electron chi connectivity index (χ3n) is 3.85. The molecule has 1 aliphatic heterocycles. The molecule has 0 aromatic heterocycles. The molecule has 0 unspecified atom stereocenters. The van der Waals surface area contributed by atoms with Crippen molar-refractivity contribution in [2.75, 3.05) is 31.3 Å². The van der Waals surface area contributed by atoms with Gasteiger partial charge in [-0.2, -0.15) is 0 Å². The van der Waals surface area contributed by atoms with Crippen LogP contribution in [0.3, 0.4) is 0 Å². The summed E-state index contributed by atoms with van der Waals surface area (Å²) in [5, 5.41) is 3.33. The smallest absolute Gasteiger partial charge is 0.168 e. The van der Waals surface area contributed by atoms with Crippen LogP contribution in [-0.2, 0) is 19.3 Å². The van der Waals surface area contributed by atoms with E-state index < -0.39 is 9.84 Å². The fourth-order valence-corrected chi connectivity index (χ4v) is 3.33. The Morgan fingerprint density at radius 3 is 2.39 bits per heavy atom. The van der Waals surface area contributed by atoms with Crippen LogP contribution in [0, 0.1) is 0 Å². The lowest BCUT2D eigenvalue weighted by Crippen LogP contribution is -2.43. The van der Waals surface area contributed by atoms with Crippen molar-refractivity contribution in [3.63, 3.8) is 0 Å². The van der Waals surface area contributed by atoms with Gasteiger partial charge in [0.25, 0.3) is 0 Å². The molecule has 106 valence electrons. The number of ether oxygens (including phenoxy) is 2. The second-order valence-electron chi connectivity index (χ2n) is 5.07. The third kappa shape index (κ3) is 3.66. The summed E-state index contributed by atoms with van der Waals surface area (Å²) in [6.07, 6.45) is 3.80. The normalized spacial score (nSPS) is 24.7. The van der Waals surface area contributed by atoms with Crippen molar-refractivity contribution in [1.82, 2.24) is 5.32 Å². The third-order valence-corrected chi connectivity index (χ3v) is 5.55. The highest BCUT2D eigenvalue weighted by molar-refractivity contribution is 7.91. The van der Waals surface area contributed by atoms with E-state index >= 15 is 0 Å². The fourth-order valence-electron chi connectivity index (χ4n) is 2.61. The molecule has 1 spiro atoms. The van der Waals surface area contributed by atoms with Crippen molar-refractivity contribution in [2.24, 2.45) is 0 Å². The maximum atomic E-state index is 11.4. The molecule has 2 rings (SSSR count). The maximum absolute atomic E-state index is 11.4. The van der Waals surface area contributed by atoms with Gasteiger partial charge in [-0.3, -0.25) is 0 Å². The summed E-state index contributed by atoms with van der Waals surface area (Å²) in [6, 6.07) is 0.399. The van der Waals surface area contributed by atoms with Crippen molar-refractivity contribution in [3.8, 4) is 0 Å². The lowest BCUT2D eigenvalue weighted by Gasteiger charge is -2.35. The highest BCUT2D eigenvalue weighted by atomic mass is 32.2. The van der Waals surface area contributed by atoms with Crippen LogP contribution >= 0.6 is 0 Å². The van der Waals surface area contributed by atoms with E-state index in [-0.39, 0.29) is 17.3 Å². The Hall–Kier alpha value is -0.170. The van der Waals surface area contributed by atoms with Crippen LogP contribution in [0.15, 0.2) is 0 Å². The molecule has 2 fully saturated rings. The van der Waals surface area contributed by atoms with Crippen LogP contribution in [0.25, 0.3) is 0 Å². The summed E-state index contributed by atoms with van der Waals surface area (Å²) in [5.41, 5.74) is 0. The molecule has 0 radical (unpaired) electrons. The lowest BCUT2D eigenvalue weighted by molar-refractivity contribution is -0.179. The van der Waals surface area contributed by atoms with Crippen molar-refractivity contribution >= 4 is 9.84 Å². The summed E-state index contributed by atoms with van der Waals surface area (Å²) >= 11 is 0. The molecule has 1 saturated carbocycles. The molecule has 1 aliphatic carbocycles. The average Bonchev–Trinajstić information content (AvgIpc) is 2.81. The van der Waals surface area contributed by atoms with Crippen molar-refractivity contribution in [2.45, 2.75) is 44.4 Å². The highest BCUT2D eigenvalue weighted by Crippen LogP contribution is 2.35. The number of hydrogen-bond acceptors (Lipinski definition) is 5. The summed E-state index contributed by atoms with van der Waals surface area (Å²) < 4.78 is 34.0. The lowest BCUT2D eigenvalue weighted by atomic mass is 9.90. The zero-order chi connectivity index (χ0) is 13.1. The van der Waals surface area contributed by atoms with E-state index in [1.54, 1.807) is 6.92 Å². The molecule has 1 heterocycles. The second-order valence-corrected chi connectivity index (χ2v) is 7.55. The molecule has 0 bridgehead atoms. The van der Waals surface area contributed by atoms with Gasteiger partial charge in [-0.1, -0.05) is 6.92 Å². The van der Waals surface area contributed by atoms with Crippen LogP contribution in [0.2, 0.25) is 0 Å². The first-order valence-corrected chi connectivity index (χ1v) is 8.59. The van der Waals surface area contributed by atoms with Crippen LogP contribution < -0.4 is 5.32 Å². The summed E-state index contributed by atoms with van der Waals surface area (Å²) in [5.74, 6) is 0.135. The monoisotopic (exact) mass is 277 g/mol. The van der Waals surface area contributed by atoms with Gasteiger partial charge >= 0.3 is 0 Å². The van der Waals surface area contributed by atoms with E-state index in [1.165, 1.54) is 0 Å². The zero-order valence-corrected chi connectivity index (χ0v) is 11.8. The van der Waals surface area contributed by atoms with E-state index in [2.05, 4.69) is 5.32 Å². The number of sulfone groups is 1. The van der Waals surface area contributed by atoms with Gasteiger partial charge in [-0.25, -0.2) is 8.42 Å². The molecule has 2 aliphatic rings. The number of rotatable bonds is 5. The summed E-state index contributed by atoms with van der Waals surface area (Å²) in [6.45, 7) is 3.64. The van der Waals surface area contributed by atoms with E-state index in [9.17, 15) is 8.42 Å². The molecule has 0 atom stereocenters. The van der Waals surface area contributed by atoms with Gasteiger partial charge in [0.2, 0.25) is 0 Å². The Morgan fingerprint density at radius 1 is 1.22 bits per heavy atom. The highest BCUT2D eigenvalue weighted by Gasteiger charge is 2.40. The fraction of sp³-hybridized carbons (Fsp3) is 1.00. The minimum Gasteiger partial charge on any atom is -0.348 e. The van der Waals surface area contributed by atoms with E-state index in [1.807, 2.05) is 0 Å². The van der Waals surface area contributed by atoms with Gasteiger partial charge in [-0.05, 0) is 12.8 Å². The predicted octanol–water partition coefficient (Wildman–Crippen LogP) is 0.696. The SMILES string of the molecule is CCS(=O)(=O)CCNC1CCC2(CC1)OCCO2. The molecule has 0 amide bonds. The van der Waals surface area contributed by atoms with Gasteiger partial charge in [0.05, 0.1) is 19.0 Å². The topological polar surface area (TPSA) is 64.6 Å². The molecule has 6 heteroatoms. The quantitative estimate of drug-likeness (QED) is 0.801. The van der Waals surface area contributed by atoms with Gasteiger partial charge in [-0.15, -0.1) is 0 Å². The summed E-state index contributed by atoms with van der Waals surface area (Å²) in [7, 11) is -2.85. The molecule has 1 N–H and O–H groups in total. The Labute approximate surface area is 109 Å². The van der Waals surface area contributed by atoms with Crippen LogP contribution in [0.4, 0.5) is 0 Å². The van der Waals surface area contributed by atoms with E-state index in [4.69, 9.17) is 9.47 Å².